The highest BCUT2D eigenvalue weighted by Crippen LogP contribution is 2.20. The fourth-order valence-corrected chi connectivity index (χ4v) is 3.49. The van der Waals surface area contributed by atoms with E-state index < -0.39 is 0 Å². The van der Waals surface area contributed by atoms with Crippen LogP contribution >= 0.6 is 27.7 Å². The molecular formula is C19H25BrN2O3S. The molecule has 0 fully saturated rings. The van der Waals surface area contributed by atoms with Crippen molar-refractivity contribution in [1.29, 1.82) is 0 Å². The second kappa shape index (κ2) is 11.5. The fraction of sp³-hybridized carbons (Fsp3) is 0.474. The van der Waals surface area contributed by atoms with Gasteiger partial charge in [-0.1, -0.05) is 71.9 Å². The number of nitrogens with zero attached hydrogens (tertiary/aromatic N) is 1. The van der Waals surface area contributed by atoms with Crippen LogP contribution in [0, 0.1) is 0 Å². The summed E-state index contributed by atoms with van der Waals surface area (Å²) in [5.41, 5.74) is 2.71. The fourth-order valence-electron chi connectivity index (χ4n) is 2.52. The molecule has 142 valence electrons. The maximum Gasteiger partial charge on any atom is 0.255 e. The molecule has 0 aliphatic rings. The minimum absolute atomic E-state index is 0.0509. The number of aromatic amines is 1. The van der Waals surface area contributed by atoms with Crippen LogP contribution in [0.5, 0.6) is 0 Å². The zero-order valence-corrected chi connectivity index (χ0v) is 17.6. The van der Waals surface area contributed by atoms with Crippen molar-refractivity contribution in [1.82, 2.24) is 9.97 Å². The van der Waals surface area contributed by atoms with Gasteiger partial charge in [0.1, 0.15) is 6.79 Å². The topological polar surface area (TPSA) is 64.2 Å². The molecule has 0 bridgehead atoms. The van der Waals surface area contributed by atoms with E-state index in [9.17, 15) is 4.79 Å². The van der Waals surface area contributed by atoms with Crippen molar-refractivity contribution < 1.29 is 9.47 Å². The number of thioether (sulfide) groups is 1. The first-order valence-electron chi connectivity index (χ1n) is 8.63. The average Bonchev–Trinajstić information content (AvgIpc) is 2.61. The monoisotopic (exact) mass is 440 g/mol. The summed E-state index contributed by atoms with van der Waals surface area (Å²) in [6.07, 6.45) is 0.655. The molecule has 0 amide bonds. The van der Waals surface area contributed by atoms with Crippen LogP contribution in [0.4, 0.5) is 0 Å². The maximum absolute atomic E-state index is 12.5. The zero-order valence-electron chi connectivity index (χ0n) is 15.2. The van der Waals surface area contributed by atoms with Gasteiger partial charge in [-0.2, -0.15) is 0 Å². The number of halogens is 1. The van der Waals surface area contributed by atoms with Crippen LogP contribution in [0.1, 0.15) is 36.6 Å². The van der Waals surface area contributed by atoms with E-state index in [4.69, 9.17) is 14.5 Å². The third-order valence-electron chi connectivity index (χ3n) is 3.66. The van der Waals surface area contributed by atoms with Crippen molar-refractivity contribution in [2.24, 2.45) is 0 Å². The molecule has 0 aliphatic carbocycles. The van der Waals surface area contributed by atoms with Crippen LogP contribution in [0.25, 0.3) is 0 Å². The van der Waals surface area contributed by atoms with Crippen LogP contribution in [0.15, 0.2) is 40.3 Å². The molecule has 1 N–H and O–H groups in total. The number of aromatic nitrogens is 2. The van der Waals surface area contributed by atoms with Gasteiger partial charge < -0.3 is 14.5 Å². The number of benzene rings is 1. The molecule has 0 saturated heterocycles. The summed E-state index contributed by atoms with van der Waals surface area (Å²) in [5.74, 6) is 0.825. The number of nitrogens with one attached hydrogen (secondary N) is 1. The molecule has 0 spiro atoms. The molecule has 0 atom stereocenters. The van der Waals surface area contributed by atoms with E-state index in [0.717, 1.165) is 22.2 Å². The predicted molar refractivity (Wildman–Crippen MR) is 109 cm³/mol. The third-order valence-corrected chi connectivity index (χ3v) is 4.82. The molecule has 1 heterocycles. The number of alkyl halides is 1. The van der Waals surface area contributed by atoms with Crippen LogP contribution in [0.2, 0.25) is 0 Å². The first-order valence-corrected chi connectivity index (χ1v) is 10.7. The lowest BCUT2D eigenvalue weighted by atomic mass is 9.99. The van der Waals surface area contributed by atoms with E-state index in [2.05, 4.69) is 33.0 Å². The average molecular weight is 441 g/mol. The van der Waals surface area contributed by atoms with Crippen LogP contribution in [-0.4, -0.2) is 41.1 Å². The van der Waals surface area contributed by atoms with Gasteiger partial charge in [0, 0.05) is 23.1 Å². The number of hydrogen-bond donors (Lipinski definition) is 1. The second-order valence-corrected chi connectivity index (χ2v) is 7.90. The molecule has 0 unspecified atom stereocenters. The van der Waals surface area contributed by atoms with Gasteiger partial charge in [-0.25, -0.2) is 4.98 Å². The summed E-state index contributed by atoms with van der Waals surface area (Å²) < 4.78 is 10.6. The quantitative estimate of drug-likeness (QED) is 0.188. The number of ether oxygens (including phenoxy) is 2. The van der Waals surface area contributed by atoms with Gasteiger partial charge in [0.05, 0.1) is 18.9 Å². The minimum Gasteiger partial charge on any atom is -0.355 e. The Morgan fingerprint density at radius 3 is 2.62 bits per heavy atom. The molecule has 2 rings (SSSR count). The standard InChI is InChI=1S/C19H25BrN2O3S/c1-14(2)17-16(12-15-6-4-3-5-7-15)21-19(22-18(17)23)26-11-10-25-13-24-9-8-20/h3-7,14H,8-13H2,1-2H3,(H,21,22,23). The Hall–Kier alpha value is -1.15. The Balaban J connectivity index is 2.03. The minimum atomic E-state index is -0.0509. The van der Waals surface area contributed by atoms with Crippen LogP contribution in [-0.2, 0) is 15.9 Å². The number of hydrogen-bond acceptors (Lipinski definition) is 5. The van der Waals surface area contributed by atoms with Crippen molar-refractivity contribution in [2.45, 2.75) is 31.3 Å². The van der Waals surface area contributed by atoms with E-state index in [0.29, 0.717) is 30.5 Å². The first-order chi connectivity index (χ1) is 12.6. The molecule has 0 radical (unpaired) electrons. The highest BCUT2D eigenvalue weighted by atomic mass is 79.9. The molecule has 5 nitrogen and oxygen atoms in total. The Morgan fingerprint density at radius 2 is 1.92 bits per heavy atom. The van der Waals surface area contributed by atoms with E-state index in [1.165, 1.54) is 11.8 Å². The lowest BCUT2D eigenvalue weighted by Gasteiger charge is -2.13. The molecule has 26 heavy (non-hydrogen) atoms. The van der Waals surface area contributed by atoms with Gasteiger partial charge in [-0.15, -0.1) is 0 Å². The van der Waals surface area contributed by atoms with Gasteiger partial charge in [0.15, 0.2) is 5.16 Å². The number of H-pyrrole nitrogens is 1. The summed E-state index contributed by atoms with van der Waals surface area (Å²) in [6, 6.07) is 10.1. The lowest BCUT2D eigenvalue weighted by Crippen LogP contribution is -2.20. The van der Waals surface area contributed by atoms with Crippen LogP contribution in [0.3, 0.4) is 0 Å². The second-order valence-electron chi connectivity index (χ2n) is 6.02. The Kier molecular flexibility index (Phi) is 9.39. The van der Waals surface area contributed by atoms with Gasteiger partial charge in [0.2, 0.25) is 0 Å². The van der Waals surface area contributed by atoms with Crippen molar-refractivity contribution in [3.8, 4) is 0 Å². The first kappa shape index (κ1) is 21.2. The van der Waals surface area contributed by atoms with Crippen molar-refractivity contribution in [3.05, 3.63) is 57.5 Å². The normalized spacial score (nSPS) is 11.2. The number of rotatable bonds is 11. The summed E-state index contributed by atoms with van der Waals surface area (Å²) in [4.78, 5) is 20.1. The summed E-state index contributed by atoms with van der Waals surface area (Å²) >= 11 is 4.78. The van der Waals surface area contributed by atoms with Gasteiger partial charge in [-0.3, -0.25) is 4.79 Å². The van der Waals surface area contributed by atoms with Gasteiger partial charge in [0.25, 0.3) is 5.56 Å². The summed E-state index contributed by atoms with van der Waals surface area (Å²) in [6.45, 7) is 5.49. The maximum atomic E-state index is 12.5. The van der Waals surface area contributed by atoms with Gasteiger partial charge in [-0.05, 0) is 11.5 Å². The predicted octanol–water partition coefficient (Wildman–Crippen LogP) is 3.96. The molecule has 1 aromatic heterocycles. The van der Waals surface area contributed by atoms with E-state index >= 15 is 0 Å². The largest absolute Gasteiger partial charge is 0.355 e. The smallest absolute Gasteiger partial charge is 0.255 e. The van der Waals surface area contributed by atoms with Gasteiger partial charge >= 0.3 is 0 Å². The molecule has 1 aromatic carbocycles. The van der Waals surface area contributed by atoms with E-state index in [-0.39, 0.29) is 18.3 Å². The summed E-state index contributed by atoms with van der Waals surface area (Å²) in [5, 5.41) is 1.43. The van der Waals surface area contributed by atoms with Crippen molar-refractivity contribution >= 4 is 27.7 Å². The Bertz CT molecular complexity index is 722. The molecular weight excluding hydrogens is 416 g/mol. The van der Waals surface area contributed by atoms with Crippen molar-refractivity contribution in [3.63, 3.8) is 0 Å². The van der Waals surface area contributed by atoms with E-state index in [1.807, 2.05) is 32.0 Å². The molecule has 2 aromatic rings. The Morgan fingerprint density at radius 1 is 1.19 bits per heavy atom. The SMILES string of the molecule is CC(C)c1c(Cc2ccccc2)nc(SCCOCOCCBr)[nH]c1=O. The zero-order chi connectivity index (χ0) is 18.8. The van der Waals surface area contributed by atoms with Crippen molar-refractivity contribution in [2.75, 3.05) is 31.1 Å². The lowest BCUT2D eigenvalue weighted by molar-refractivity contribution is -0.0424. The molecule has 0 saturated carbocycles. The summed E-state index contributed by atoms with van der Waals surface area (Å²) in [7, 11) is 0. The van der Waals surface area contributed by atoms with Crippen LogP contribution < -0.4 is 5.56 Å². The molecule has 0 aliphatic heterocycles. The Labute approximate surface area is 167 Å². The third kappa shape index (κ3) is 6.87. The van der Waals surface area contributed by atoms with E-state index in [1.54, 1.807) is 0 Å². The molecule has 7 heteroatoms. The highest BCUT2D eigenvalue weighted by molar-refractivity contribution is 9.09. The highest BCUT2D eigenvalue weighted by Gasteiger charge is 2.15.